The summed E-state index contributed by atoms with van der Waals surface area (Å²) < 4.78 is 37.8. The maximum absolute atomic E-state index is 12.8. The number of benzene rings is 2. The first-order valence-electron chi connectivity index (χ1n) is 8.92. The van der Waals surface area contributed by atoms with E-state index in [1.165, 1.54) is 0 Å². The number of rotatable bonds is 3. The van der Waals surface area contributed by atoms with Gasteiger partial charge < -0.3 is 19.9 Å². The predicted molar refractivity (Wildman–Crippen MR) is 107 cm³/mol. The molecule has 0 aliphatic carbocycles. The summed E-state index contributed by atoms with van der Waals surface area (Å²) in [6, 6.07) is 14.0. The van der Waals surface area contributed by atoms with Crippen LogP contribution in [-0.2, 0) is 19.1 Å². The van der Waals surface area contributed by atoms with E-state index in [0.717, 1.165) is 11.2 Å². The molecule has 0 spiro atoms. The minimum absolute atomic E-state index is 0.272. The van der Waals surface area contributed by atoms with Crippen molar-refractivity contribution >= 4 is 33.8 Å². The van der Waals surface area contributed by atoms with Crippen molar-refractivity contribution in [1.82, 2.24) is 0 Å². The molecule has 0 amide bonds. The van der Waals surface area contributed by atoms with Crippen LogP contribution in [0.4, 0.5) is 11.4 Å². The lowest BCUT2D eigenvalue weighted by atomic mass is 9.79. The summed E-state index contributed by atoms with van der Waals surface area (Å²) in [5.74, 6) is 0. The summed E-state index contributed by atoms with van der Waals surface area (Å²) in [5, 5.41) is 6.11. The zero-order chi connectivity index (χ0) is 19.4. The van der Waals surface area contributed by atoms with Crippen LogP contribution in [0.5, 0.6) is 0 Å². The van der Waals surface area contributed by atoms with Crippen LogP contribution >= 0.6 is 0 Å². The van der Waals surface area contributed by atoms with E-state index < -0.39 is 33.7 Å². The van der Waals surface area contributed by atoms with Gasteiger partial charge in [-0.05, 0) is 57.4 Å². The zero-order valence-corrected chi connectivity index (χ0v) is 16.6. The lowest BCUT2D eigenvalue weighted by molar-refractivity contribution is 0.00578. The van der Waals surface area contributed by atoms with Crippen molar-refractivity contribution in [2.75, 3.05) is 10.6 Å². The SMILES string of the molecule is CC1(C)OB(c2ccc3c(c2)NC(S(=O)(=O)c2ccccc2)N3)OC1(C)C. The Hall–Kier alpha value is -2.03. The lowest BCUT2D eigenvalue weighted by Gasteiger charge is -2.32. The van der Waals surface area contributed by atoms with Gasteiger partial charge in [0.25, 0.3) is 0 Å². The van der Waals surface area contributed by atoms with Crippen LogP contribution in [-0.4, -0.2) is 32.2 Å². The molecule has 1 saturated heterocycles. The first kappa shape index (κ1) is 18.3. The maximum atomic E-state index is 12.8. The van der Waals surface area contributed by atoms with Gasteiger partial charge in [-0.2, -0.15) is 0 Å². The number of anilines is 2. The first-order valence-corrected chi connectivity index (χ1v) is 10.5. The van der Waals surface area contributed by atoms with Crippen LogP contribution in [0.2, 0.25) is 0 Å². The minimum Gasteiger partial charge on any atom is -0.399 e. The Morgan fingerprint density at radius 3 is 2.11 bits per heavy atom. The molecule has 0 bridgehead atoms. The third-order valence-corrected chi connectivity index (χ3v) is 7.31. The number of hydrogen-bond acceptors (Lipinski definition) is 6. The van der Waals surface area contributed by atoms with Gasteiger partial charge in [-0.15, -0.1) is 0 Å². The summed E-state index contributed by atoms with van der Waals surface area (Å²) in [6.07, 6.45) is 0. The summed E-state index contributed by atoms with van der Waals surface area (Å²) in [4.78, 5) is 0.272. The quantitative estimate of drug-likeness (QED) is 0.790. The second-order valence-electron chi connectivity index (χ2n) is 7.92. The van der Waals surface area contributed by atoms with Crippen molar-refractivity contribution in [3.8, 4) is 0 Å². The number of sulfone groups is 1. The molecule has 4 rings (SSSR count). The molecule has 0 saturated carbocycles. The molecule has 0 aromatic heterocycles. The number of nitrogens with one attached hydrogen (secondary N) is 2. The van der Waals surface area contributed by atoms with Gasteiger partial charge in [0.15, 0.2) is 0 Å². The molecule has 2 N–H and O–H groups in total. The van der Waals surface area contributed by atoms with Gasteiger partial charge in [-0.3, -0.25) is 0 Å². The van der Waals surface area contributed by atoms with Gasteiger partial charge in [0.2, 0.25) is 15.3 Å². The predicted octanol–water partition coefficient (Wildman–Crippen LogP) is 2.58. The van der Waals surface area contributed by atoms with Crippen molar-refractivity contribution in [2.24, 2.45) is 0 Å². The van der Waals surface area contributed by atoms with E-state index >= 15 is 0 Å². The number of fused-ring (bicyclic) bond motifs is 1. The Kier molecular flexibility index (Phi) is 4.07. The van der Waals surface area contributed by atoms with Crippen LogP contribution in [0.25, 0.3) is 0 Å². The fraction of sp³-hybridized carbons (Fsp3) is 0.368. The highest BCUT2D eigenvalue weighted by Gasteiger charge is 2.51. The van der Waals surface area contributed by atoms with E-state index in [-0.39, 0.29) is 4.90 Å². The van der Waals surface area contributed by atoms with Gasteiger partial charge in [0.1, 0.15) is 0 Å². The van der Waals surface area contributed by atoms with Gasteiger partial charge >= 0.3 is 7.12 Å². The Morgan fingerprint density at radius 1 is 0.889 bits per heavy atom. The van der Waals surface area contributed by atoms with Crippen LogP contribution in [0, 0.1) is 0 Å². The van der Waals surface area contributed by atoms with E-state index in [2.05, 4.69) is 10.6 Å². The van der Waals surface area contributed by atoms with E-state index in [1.54, 1.807) is 30.3 Å². The smallest absolute Gasteiger partial charge is 0.399 e. The number of hydrogen-bond donors (Lipinski definition) is 2. The molecule has 27 heavy (non-hydrogen) atoms. The summed E-state index contributed by atoms with van der Waals surface area (Å²) >= 11 is 0. The highest BCUT2D eigenvalue weighted by molar-refractivity contribution is 7.92. The average Bonchev–Trinajstić information content (AvgIpc) is 3.13. The van der Waals surface area contributed by atoms with E-state index in [0.29, 0.717) is 5.69 Å². The molecule has 6 nitrogen and oxygen atoms in total. The van der Waals surface area contributed by atoms with Gasteiger partial charge in [-0.25, -0.2) is 8.42 Å². The molecular weight excluding hydrogens is 363 g/mol. The Bertz CT molecular complexity index is 960. The van der Waals surface area contributed by atoms with Crippen molar-refractivity contribution in [1.29, 1.82) is 0 Å². The first-order chi connectivity index (χ1) is 12.6. The zero-order valence-electron chi connectivity index (χ0n) is 15.8. The van der Waals surface area contributed by atoms with Crippen molar-refractivity contribution < 1.29 is 17.7 Å². The highest BCUT2D eigenvalue weighted by atomic mass is 32.2. The normalized spacial score (nSPS) is 22.8. The molecule has 0 radical (unpaired) electrons. The van der Waals surface area contributed by atoms with E-state index in [4.69, 9.17) is 9.31 Å². The van der Waals surface area contributed by atoms with Crippen LogP contribution in [0.3, 0.4) is 0 Å². The van der Waals surface area contributed by atoms with Crippen LogP contribution in [0.1, 0.15) is 27.7 Å². The summed E-state index contributed by atoms with van der Waals surface area (Å²) in [7, 11) is -4.05. The third-order valence-electron chi connectivity index (χ3n) is 5.52. The fourth-order valence-electron chi connectivity index (χ4n) is 3.15. The van der Waals surface area contributed by atoms with Crippen molar-refractivity contribution in [3.05, 3.63) is 48.5 Å². The largest absolute Gasteiger partial charge is 0.494 e. The molecule has 2 heterocycles. The van der Waals surface area contributed by atoms with E-state index in [9.17, 15) is 8.42 Å². The summed E-state index contributed by atoms with van der Waals surface area (Å²) in [5.41, 5.74) is 0.526. The molecule has 1 unspecified atom stereocenters. The molecule has 8 heteroatoms. The molecule has 2 aromatic carbocycles. The Labute approximate surface area is 160 Å². The summed E-state index contributed by atoms with van der Waals surface area (Å²) in [6.45, 7) is 8.01. The average molecular weight is 386 g/mol. The van der Waals surface area contributed by atoms with Gasteiger partial charge in [0.05, 0.1) is 27.5 Å². The van der Waals surface area contributed by atoms with Gasteiger partial charge in [-0.1, -0.05) is 24.3 Å². The van der Waals surface area contributed by atoms with Crippen molar-refractivity contribution in [2.45, 2.75) is 49.3 Å². The Morgan fingerprint density at radius 2 is 1.48 bits per heavy atom. The molecule has 2 aromatic rings. The molecule has 2 aliphatic rings. The monoisotopic (exact) mass is 386 g/mol. The Balaban J connectivity index is 1.58. The van der Waals surface area contributed by atoms with Gasteiger partial charge in [0, 0.05) is 0 Å². The topological polar surface area (TPSA) is 76.7 Å². The molecule has 142 valence electrons. The lowest BCUT2D eigenvalue weighted by Crippen LogP contribution is -2.41. The fourth-order valence-corrected chi connectivity index (χ4v) is 4.53. The molecule has 1 fully saturated rings. The molecule has 1 atom stereocenters. The maximum Gasteiger partial charge on any atom is 0.494 e. The second-order valence-corrected chi connectivity index (χ2v) is 9.95. The molecule has 2 aliphatic heterocycles. The highest BCUT2D eigenvalue weighted by Crippen LogP contribution is 2.37. The van der Waals surface area contributed by atoms with Crippen molar-refractivity contribution in [3.63, 3.8) is 0 Å². The standard InChI is InChI=1S/C19H23BN2O4S/c1-18(2)19(3,4)26-20(25-18)13-10-11-15-16(12-13)22-17(21-15)27(23,24)14-8-6-5-7-9-14/h5-12,17,21-22H,1-4H3. The van der Waals surface area contributed by atoms with Crippen LogP contribution < -0.4 is 16.1 Å². The second kappa shape index (κ2) is 5.99. The third kappa shape index (κ3) is 3.01. The molecular formula is C19H23BN2O4S. The van der Waals surface area contributed by atoms with Crippen LogP contribution in [0.15, 0.2) is 53.4 Å². The van der Waals surface area contributed by atoms with E-state index in [1.807, 2.05) is 45.9 Å². The minimum atomic E-state index is -3.56.